The Labute approximate surface area is 129 Å². The number of hydrogen-bond acceptors (Lipinski definition) is 3. The number of ether oxygens (including phenoxy) is 1. The maximum absolute atomic E-state index is 12.7. The first-order valence-electron chi connectivity index (χ1n) is 7.65. The standard InChI is InChI=1S/C16H23F3N2O/c1-13(20-5-6-21-7-9-22-10-8-21)11-14-3-2-4-15(12-14)16(17,18)19/h2-4,12-13,20H,5-11H2,1H3. The van der Waals surface area contributed by atoms with Crippen LogP contribution in [0.1, 0.15) is 18.1 Å². The van der Waals surface area contributed by atoms with Gasteiger partial charge in [0, 0.05) is 32.2 Å². The van der Waals surface area contributed by atoms with E-state index in [0.29, 0.717) is 12.0 Å². The molecule has 1 N–H and O–H groups in total. The average Bonchev–Trinajstić information content (AvgIpc) is 2.48. The number of morpholine rings is 1. The maximum atomic E-state index is 12.7. The highest BCUT2D eigenvalue weighted by atomic mass is 19.4. The summed E-state index contributed by atoms with van der Waals surface area (Å²) in [4.78, 5) is 2.33. The molecule has 1 heterocycles. The molecule has 124 valence electrons. The third-order valence-electron chi connectivity index (χ3n) is 3.82. The molecule has 1 aromatic rings. The van der Waals surface area contributed by atoms with Crippen molar-refractivity contribution >= 4 is 0 Å². The van der Waals surface area contributed by atoms with Crippen molar-refractivity contribution in [1.82, 2.24) is 10.2 Å². The predicted octanol–water partition coefficient (Wildman–Crippen LogP) is 2.56. The third kappa shape index (κ3) is 5.59. The van der Waals surface area contributed by atoms with E-state index >= 15 is 0 Å². The quantitative estimate of drug-likeness (QED) is 0.873. The van der Waals surface area contributed by atoms with Crippen molar-refractivity contribution in [2.24, 2.45) is 0 Å². The van der Waals surface area contributed by atoms with E-state index in [1.165, 1.54) is 12.1 Å². The molecule has 2 rings (SSSR count). The summed E-state index contributed by atoms with van der Waals surface area (Å²) in [5, 5.41) is 3.37. The van der Waals surface area contributed by atoms with E-state index in [1.807, 2.05) is 6.92 Å². The zero-order valence-corrected chi connectivity index (χ0v) is 12.8. The molecule has 22 heavy (non-hydrogen) atoms. The Balaban J connectivity index is 1.75. The van der Waals surface area contributed by atoms with E-state index in [1.54, 1.807) is 6.07 Å². The SMILES string of the molecule is CC(Cc1cccc(C(F)(F)F)c1)NCCN1CCOCC1. The Bertz CT molecular complexity index is 459. The number of rotatable bonds is 6. The Morgan fingerprint density at radius 1 is 1.27 bits per heavy atom. The summed E-state index contributed by atoms with van der Waals surface area (Å²) in [5.74, 6) is 0. The maximum Gasteiger partial charge on any atom is 0.416 e. The molecule has 0 aliphatic carbocycles. The molecule has 0 saturated carbocycles. The smallest absolute Gasteiger partial charge is 0.379 e. The molecule has 1 aromatic carbocycles. The van der Waals surface area contributed by atoms with Crippen molar-refractivity contribution in [2.75, 3.05) is 39.4 Å². The summed E-state index contributed by atoms with van der Waals surface area (Å²) in [7, 11) is 0. The van der Waals surface area contributed by atoms with Crippen molar-refractivity contribution in [2.45, 2.75) is 25.6 Å². The minimum Gasteiger partial charge on any atom is -0.379 e. The molecule has 3 nitrogen and oxygen atoms in total. The number of hydrogen-bond donors (Lipinski definition) is 1. The van der Waals surface area contributed by atoms with Crippen molar-refractivity contribution in [3.63, 3.8) is 0 Å². The van der Waals surface area contributed by atoms with Gasteiger partial charge < -0.3 is 10.1 Å². The molecule has 0 aromatic heterocycles. The van der Waals surface area contributed by atoms with Gasteiger partial charge in [-0.2, -0.15) is 13.2 Å². The second kappa shape index (κ2) is 7.94. The fourth-order valence-corrected chi connectivity index (χ4v) is 2.59. The summed E-state index contributed by atoms with van der Waals surface area (Å²) >= 11 is 0. The van der Waals surface area contributed by atoms with Crippen LogP contribution in [0.15, 0.2) is 24.3 Å². The summed E-state index contributed by atoms with van der Waals surface area (Å²) in [5.41, 5.74) is 0.131. The normalized spacial score (nSPS) is 18.4. The largest absolute Gasteiger partial charge is 0.416 e. The third-order valence-corrected chi connectivity index (χ3v) is 3.82. The van der Waals surface area contributed by atoms with E-state index in [-0.39, 0.29) is 6.04 Å². The molecule has 1 atom stereocenters. The number of benzene rings is 1. The van der Waals surface area contributed by atoms with Gasteiger partial charge in [-0.1, -0.05) is 18.2 Å². The Kier molecular flexibility index (Phi) is 6.23. The number of halogens is 3. The Morgan fingerprint density at radius 3 is 2.68 bits per heavy atom. The number of alkyl halides is 3. The van der Waals surface area contributed by atoms with E-state index in [9.17, 15) is 13.2 Å². The fourth-order valence-electron chi connectivity index (χ4n) is 2.59. The molecule has 0 amide bonds. The van der Waals surface area contributed by atoms with Crippen molar-refractivity contribution < 1.29 is 17.9 Å². The Hall–Kier alpha value is -1.11. The minimum atomic E-state index is -4.27. The van der Waals surface area contributed by atoms with E-state index in [0.717, 1.165) is 45.5 Å². The van der Waals surface area contributed by atoms with Crippen LogP contribution >= 0.6 is 0 Å². The van der Waals surface area contributed by atoms with Gasteiger partial charge in [-0.05, 0) is 25.0 Å². The number of nitrogens with zero attached hydrogens (tertiary/aromatic N) is 1. The van der Waals surface area contributed by atoms with Gasteiger partial charge in [0.1, 0.15) is 0 Å². The lowest BCUT2D eigenvalue weighted by Crippen LogP contribution is -2.42. The second-order valence-electron chi connectivity index (χ2n) is 5.71. The molecule has 1 saturated heterocycles. The van der Waals surface area contributed by atoms with Gasteiger partial charge in [-0.15, -0.1) is 0 Å². The van der Waals surface area contributed by atoms with Crippen LogP contribution in [-0.2, 0) is 17.3 Å². The summed E-state index contributed by atoms with van der Waals surface area (Å²) in [6, 6.07) is 5.71. The summed E-state index contributed by atoms with van der Waals surface area (Å²) in [6.07, 6.45) is -3.68. The molecule has 1 aliphatic rings. The van der Waals surface area contributed by atoms with Gasteiger partial charge in [0.2, 0.25) is 0 Å². The molecular formula is C16H23F3N2O. The predicted molar refractivity (Wildman–Crippen MR) is 79.9 cm³/mol. The van der Waals surface area contributed by atoms with Crippen molar-refractivity contribution in [3.8, 4) is 0 Å². The lowest BCUT2D eigenvalue weighted by Gasteiger charge is -2.27. The van der Waals surface area contributed by atoms with Gasteiger partial charge in [0.15, 0.2) is 0 Å². The topological polar surface area (TPSA) is 24.5 Å². The van der Waals surface area contributed by atoms with Crippen LogP contribution in [0.5, 0.6) is 0 Å². The van der Waals surface area contributed by atoms with Gasteiger partial charge in [-0.25, -0.2) is 0 Å². The lowest BCUT2D eigenvalue weighted by molar-refractivity contribution is -0.137. The lowest BCUT2D eigenvalue weighted by atomic mass is 10.0. The summed E-state index contributed by atoms with van der Waals surface area (Å²) in [6.45, 7) is 7.23. The molecule has 6 heteroatoms. The van der Waals surface area contributed by atoms with E-state index < -0.39 is 11.7 Å². The van der Waals surface area contributed by atoms with Crippen LogP contribution in [0, 0.1) is 0 Å². The molecule has 0 spiro atoms. The molecule has 0 radical (unpaired) electrons. The Morgan fingerprint density at radius 2 is 2.00 bits per heavy atom. The van der Waals surface area contributed by atoms with Gasteiger partial charge in [0.25, 0.3) is 0 Å². The van der Waals surface area contributed by atoms with Crippen molar-refractivity contribution in [1.29, 1.82) is 0 Å². The molecule has 1 aliphatic heterocycles. The zero-order chi connectivity index (χ0) is 16.0. The molecular weight excluding hydrogens is 293 g/mol. The minimum absolute atomic E-state index is 0.143. The molecule has 1 unspecified atom stereocenters. The van der Waals surface area contributed by atoms with Crippen LogP contribution < -0.4 is 5.32 Å². The monoisotopic (exact) mass is 316 g/mol. The summed E-state index contributed by atoms with van der Waals surface area (Å²) < 4.78 is 43.3. The van der Waals surface area contributed by atoms with Crippen molar-refractivity contribution in [3.05, 3.63) is 35.4 Å². The molecule has 1 fully saturated rings. The first-order chi connectivity index (χ1) is 10.4. The fraction of sp³-hybridized carbons (Fsp3) is 0.625. The highest BCUT2D eigenvalue weighted by molar-refractivity contribution is 5.26. The van der Waals surface area contributed by atoms with Gasteiger partial charge in [-0.3, -0.25) is 4.90 Å². The van der Waals surface area contributed by atoms with Crippen LogP contribution in [0.3, 0.4) is 0 Å². The first-order valence-corrected chi connectivity index (χ1v) is 7.65. The van der Waals surface area contributed by atoms with E-state index in [4.69, 9.17) is 4.74 Å². The van der Waals surface area contributed by atoms with Crippen LogP contribution in [0.4, 0.5) is 13.2 Å². The van der Waals surface area contributed by atoms with E-state index in [2.05, 4.69) is 10.2 Å². The van der Waals surface area contributed by atoms with Gasteiger partial charge >= 0.3 is 6.18 Å². The second-order valence-corrected chi connectivity index (χ2v) is 5.71. The van der Waals surface area contributed by atoms with Crippen LogP contribution in [0.25, 0.3) is 0 Å². The first kappa shape index (κ1) is 17.2. The average molecular weight is 316 g/mol. The zero-order valence-electron chi connectivity index (χ0n) is 12.8. The van der Waals surface area contributed by atoms with Crippen LogP contribution in [-0.4, -0.2) is 50.3 Å². The highest BCUT2D eigenvalue weighted by Gasteiger charge is 2.30. The number of nitrogens with one attached hydrogen (secondary N) is 1. The highest BCUT2D eigenvalue weighted by Crippen LogP contribution is 2.29. The van der Waals surface area contributed by atoms with Crippen LogP contribution in [0.2, 0.25) is 0 Å². The molecule has 0 bridgehead atoms. The van der Waals surface area contributed by atoms with Gasteiger partial charge in [0.05, 0.1) is 18.8 Å².